The molecule has 0 bridgehead atoms. The summed E-state index contributed by atoms with van der Waals surface area (Å²) < 4.78 is 10.2. The third kappa shape index (κ3) is 3.83. The van der Waals surface area contributed by atoms with Gasteiger partial charge < -0.3 is 9.15 Å². The number of ether oxygens (including phenoxy) is 1. The highest BCUT2D eigenvalue weighted by molar-refractivity contribution is 5.92. The minimum Gasteiger partial charge on any atom is -0.459 e. The average Bonchev–Trinajstić information content (AvgIpc) is 2.81. The van der Waals surface area contributed by atoms with E-state index in [4.69, 9.17) is 15.0 Å². The fourth-order valence-corrected chi connectivity index (χ4v) is 1.67. The number of nitrogens with zero attached hydrogens (tertiary/aromatic N) is 1. The minimum absolute atomic E-state index is 0.264. The predicted molar refractivity (Wildman–Crippen MR) is 67.8 cm³/mol. The van der Waals surface area contributed by atoms with Crippen LogP contribution in [0.4, 0.5) is 0 Å². The van der Waals surface area contributed by atoms with Gasteiger partial charge in [-0.2, -0.15) is 0 Å². The highest BCUT2D eigenvalue weighted by Crippen LogP contribution is 2.14. The number of nitrogens with one attached hydrogen (secondary N) is 1. The van der Waals surface area contributed by atoms with Crippen molar-refractivity contribution in [1.82, 2.24) is 10.3 Å². The van der Waals surface area contributed by atoms with E-state index in [1.807, 2.05) is 0 Å². The van der Waals surface area contributed by atoms with Gasteiger partial charge in [0.25, 0.3) is 0 Å². The van der Waals surface area contributed by atoms with E-state index in [9.17, 15) is 4.79 Å². The molecule has 0 unspecified atom stereocenters. The summed E-state index contributed by atoms with van der Waals surface area (Å²) in [6, 6.07) is 2.14. The third-order valence-electron chi connectivity index (χ3n) is 2.77. The Morgan fingerprint density at radius 3 is 2.89 bits per heavy atom. The molecule has 6 nitrogen and oxygen atoms in total. The Labute approximate surface area is 107 Å². The molecule has 18 heavy (non-hydrogen) atoms. The summed E-state index contributed by atoms with van der Waals surface area (Å²) in [5.74, 6) is 4.96. The van der Waals surface area contributed by atoms with Gasteiger partial charge in [-0.3, -0.25) is 15.1 Å². The van der Waals surface area contributed by atoms with Gasteiger partial charge in [0.15, 0.2) is 5.76 Å². The molecular formula is C12H21N3O3. The largest absolute Gasteiger partial charge is 0.459 e. The van der Waals surface area contributed by atoms with Crippen molar-refractivity contribution in [3.63, 3.8) is 0 Å². The zero-order chi connectivity index (χ0) is 13.5. The summed E-state index contributed by atoms with van der Waals surface area (Å²) in [5, 5.41) is 0. The lowest BCUT2D eigenvalue weighted by molar-refractivity contribution is 0.0919. The SMILES string of the molecule is COCCN(Cc1ccoc1C(=O)NN)C(C)C. The maximum atomic E-state index is 11.5. The van der Waals surface area contributed by atoms with E-state index in [1.165, 1.54) is 6.26 Å². The molecule has 1 amide bonds. The van der Waals surface area contributed by atoms with Gasteiger partial charge in [-0.25, -0.2) is 5.84 Å². The number of hydrogen-bond donors (Lipinski definition) is 2. The molecule has 0 saturated heterocycles. The molecule has 0 aliphatic heterocycles. The van der Waals surface area contributed by atoms with Gasteiger partial charge in [0.05, 0.1) is 12.9 Å². The zero-order valence-electron chi connectivity index (χ0n) is 11.1. The highest BCUT2D eigenvalue weighted by Gasteiger charge is 2.18. The Hall–Kier alpha value is -1.37. The summed E-state index contributed by atoms with van der Waals surface area (Å²) in [6.07, 6.45) is 1.49. The number of nitrogens with two attached hydrogens (primary N) is 1. The molecule has 0 aromatic carbocycles. The molecule has 0 spiro atoms. The molecule has 0 atom stereocenters. The van der Waals surface area contributed by atoms with Gasteiger partial charge in [0.1, 0.15) is 0 Å². The Morgan fingerprint density at radius 1 is 1.61 bits per heavy atom. The molecule has 3 N–H and O–H groups in total. The molecule has 0 fully saturated rings. The van der Waals surface area contributed by atoms with Crippen LogP contribution in [-0.4, -0.2) is 37.1 Å². The van der Waals surface area contributed by atoms with Crippen LogP contribution in [0.25, 0.3) is 0 Å². The fourth-order valence-electron chi connectivity index (χ4n) is 1.67. The van der Waals surface area contributed by atoms with E-state index in [2.05, 4.69) is 24.2 Å². The van der Waals surface area contributed by atoms with E-state index in [-0.39, 0.29) is 5.76 Å². The summed E-state index contributed by atoms with van der Waals surface area (Å²) in [4.78, 5) is 13.7. The number of hydrogen-bond acceptors (Lipinski definition) is 5. The number of carbonyl (C=O) groups excluding carboxylic acids is 1. The molecule has 0 saturated carbocycles. The van der Waals surface area contributed by atoms with Crippen LogP contribution in [0.15, 0.2) is 16.7 Å². The first-order valence-corrected chi connectivity index (χ1v) is 5.90. The zero-order valence-corrected chi connectivity index (χ0v) is 11.1. The number of rotatable bonds is 7. The van der Waals surface area contributed by atoms with Crippen molar-refractivity contribution in [3.05, 3.63) is 23.7 Å². The molecule has 1 aromatic rings. The molecule has 1 rings (SSSR count). The number of amides is 1. The summed E-state index contributed by atoms with van der Waals surface area (Å²) >= 11 is 0. The monoisotopic (exact) mass is 255 g/mol. The summed E-state index contributed by atoms with van der Waals surface area (Å²) in [7, 11) is 1.67. The van der Waals surface area contributed by atoms with Crippen molar-refractivity contribution >= 4 is 5.91 Å². The first-order valence-electron chi connectivity index (χ1n) is 5.90. The summed E-state index contributed by atoms with van der Waals surface area (Å²) in [5.41, 5.74) is 2.90. The van der Waals surface area contributed by atoms with Gasteiger partial charge in [-0.05, 0) is 19.9 Å². The highest BCUT2D eigenvalue weighted by atomic mass is 16.5. The van der Waals surface area contributed by atoms with Gasteiger partial charge in [0, 0.05) is 31.8 Å². The van der Waals surface area contributed by atoms with Crippen LogP contribution in [0.5, 0.6) is 0 Å². The van der Waals surface area contributed by atoms with Crippen LogP contribution in [0.2, 0.25) is 0 Å². The maximum absolute atomic E-state index is 11.5. The Bertz CT molecular complexity index is 376. The lowest BCUT2D eigenvalue weighted by Crippen LogP contribution is -2.35. The van der Waals surface area contributed by atoms with Crippen LogP contribution in [0, 0.1) is 0 Å². The third-order valence-corrected chi connectivity index (χ3v) is 2.77. The molecule has 0 aliphatic rings. The fraction of sp³-hybridized carbons (Fsp3) is 0.583. The molecular weight excluding hydrogens is 234 g/mol. The van der Waals surface area contributed by atoms with Crippen molar-refractivity contribution in [1.29, 1.82) is 0 Å². The second-order valence-electron chi connectivity index (χ2n) is 4.31. The standard InChI is InChI=1S/C12H21N3O3/c1-9(2)15(5-7-17-3)8-10-4-6-18-11(10)12(16)14-13/h4,6,9H,5,7-8,13H2,1-3H3,(H,14,16). The van der Waals surface area contributed by atoms with Gasteiger partial charge in [0.2, 0.25) is 0 Å². The second-order valence-corrected chi connectivity index (χ2v) is 4.31. The summed E-state index contributed by atoms with van der Waals surface area (Å²) in [6.45, 7) is 6.26. The van der Waals surface area contributed by atoms with Crippen LogP contribution in [0.1, 0.15) is 30.0 Å². The predicted octanol–water partition coefficient (Wildman–Crippen LogP) is 0.740. The maximum Gasteiger partial charge on any atom is 0.301 e. The molecule has 1 heterocycles. The number of furan rings is 1. The Morgan fingerprint density at radius 2 is 2.33 bits per heavy atom. The van der Waals surface area contributed by atoms with Crippen LogP contribution in [0.3, 0.4) is 0 Å². The van der Waals surface area contributed by atoms with E-state index >= 15 is 0 Å². The van der Waals surface area contributed by atoms with Gasteiger partial charge in [-0.15, -0.1) is 0 Å². The first kappa shape index (κ1) is 14.7. The van der Waals surface area contributed by atoms with Gasteiger partial charge in [-0.1, -0.05) is 0 Å². The molecule has 102 valence electrons. The number of carbonyl (C=O) groups is 1. The Balaban J connectivity index is 2.74. The lowest BCUT2D eigenvalue weighted by atomic mass is 10.2. The van der Waals surface area contributed by atoms with E-state index in [1.54, 1.807) is 13.2 Å². The van der Waals surface area contributed by atoms with Gasteiger partial charge >= 0.3 is 5.91 Å². The topological polar surface area (TPSA) is 80.7 Å². The smallest absolute Gasteiger partial charge is 0.301 e. The second kappa shape index (κ2) is 7.15. The van der Waals surface area contributed by atoms with Crippen LogP contribution < -0.4 is 11.3 Å². The average molecular weight is 255 g/mol. The van der Waals surface area contributed by atoms with Crippen molar-refractivity contribution < 1.29 is 13.9 Å². The van der Waals surface area contributed by atoms with E-state index in [0.717, 1.165) is 12.1 Å². The van der Waals surface area contributed by atoms with Crippen molar-refractivity contribution in [2.24, 2.45) is 5.84 Å². The number of nitrogen functional groups attached to an aromatic ring is 1. The molecule has 0 aliphatic carbocycles. The molecule has 6 heteroatoms. The normalized spacial score (nSPS) is 11.2. The first-order chi connectivity index (χ1) is 8.60. The van der Waals surface area contributed by atoms with Crippen LogP contribution >= 0.6 is 0 Å². The van der Waals surface area contributed by atoms with Crippen LogP contribution in [-0.2, 0) is 11.3 Å². The number of methoxy groups -OCH3 is 1. The van der Waals surface area contributed by atoms with Crippen molar-refractivity contribution in [2.45, 2.75) is 26.4 Å². The Kier molecular flexibility index (Phi) is 5.84. The van der Waals surface area contributed by atoms with Crippen molar-refractivity contribution in [3.8, 4) is 0 Å². The van der Waals surface area contributed by atoms with E-state index < -0.39 is 5.91 Å². The number of hydrazine groups is 1. The minimum atomic E-state index is -0.412. The van der Waals surface area contributed by atoms with E-state index in [0.29, 0.717) is 19.2 Å². The van der Waals surface area contributed by atoms with Crippen molar-refractivity contribution in [2.75, 3.05) is 20.3 Å². The lowest BCUT2D eigenvalue weighted by Gasteiger charge is -2.25. The quantitative estimate of drug-likeness (QED) is 0.427. The molecule has 0 radical (unpaired) electrons. The molecule has 1 aromatic heterocycles.